The summed E-state index contributed by atoms with van der Waals surface area (Å²) in [4.78, 5) is 39.8. The number of nitrogens with zero attached hydrogens (tertiary/aromatic N) is 2. The first-order chi connectivity index (χ1) is 49.2. The normalized spacial score (nSPS) is 14.4. The second-order valence-electron chi connectivity index (χ2n) is 31.5. The number of carbonyl (C=O) groups excluding carboxylic acids is 2. The van der Waals surface area contributed by atoms with E-state index in [-0.39, 0.29) is 11.6 Å². The average molecular weight is 1540 g/mol. The van der Waals surface area contributed by atoms with Gasteiger partial charge in [0.2, 0.25) is 11.6 Å². The van der Waals surface area contributed by atoms with E-state index in [4.69, 9.17) is 0 Å². The molecule has 0 saturated heterocycles. The van der Waals surface area contributed by atoms with E-state index in [9.17, 15) is 0 Å². The molecule has 100 heavy (non-hydrogen) atoms. The molecule has 2 aliphatic heterocycles. The van der Waals surface area contributed by atoms with Crippen LogP contribution in [0.4, 0.5) is 11.4 Å². The molecule has 4 aromatic rings. The number of aryl methyl sites for hydroxylation is 2. The zero-order valence-corrected chi connectivity index (χ0v) is 70.3. The van der Waals surface area contributed by atoms with Crippen LogP contribution in [0.15, 0.2) is 67.5 Å². The Labute approximate surface area is 641 Å². The van der Waals surface area contributed by atoms with Crippen LogP contribution in [0, 0.1) is 11.8 Å². The number of rotatable bonds is 64. The van der Waals surface area contributed by atoms with Gasteiger partial charge in [-0.15, -0.1) is 22.7 Å². The van der Waals surface area contributed by atoms with Crippen LogP contribution in [0.2, 0.25) is 0 Å². The number of allylic oxidation sites excluding steroid dienone is 2. The quantitative estimate of drug-likeness (QED) is 0.0326. The Morgan fingerprint density at radius 3 is 0.780 bits per heavy atom. The van der Waals surface area contributed by atoms with Crippen molar-refractivity contribution in [1.29, 1.82) is 0 Å². The van der Waals surface area contributed by atoms with Crippen LogP contribution in [0.5, 0.6) is 0 Å². The number of unbranched alkanes of at least 4 members (excludes halogenated alkanes) is 46. The molecule has 0 N–H and O–H groups in total. The van der Waals surface area contributed by atoms with E-state index in [2.05, 4.69) is 132 Å². The zero-order valence-electron chi connectivity index (χ0n) is 65.5. The summed E-state index contributed by atoms with van der Waals surface area (Å²) in [6.45, 7) is 15.4. The SMILES string of the molecule is CCCCCCCCCCCCCCc1cc(-c2ccc3c(c2)N(CC(CCCCCCCC)CCCCCCCCCC)/C(=C2\C(=O)c4ccc(-c5cc(CCCCCCCCCCCCCC)c(Br)s5)cc4N2CC(CCCCCCCC)CCCCCCCCCC)C3=O)sc1Br. The van der Waals surface area contributed by atoms with Crippen LogP contribution in [0.3, 0.4) is 0 Å². The van der Waals surface area contributed by atoms with Crippen LogP contribution in [-0.2, 0) is 12.8 Å². The third-order valence-electron chi connectivity index (χ3n) is 22.7. The first-order valence-electron chi connectivity index (χ1n) is 43.4. The second kappa shape index (κ2) is 54.1. The first kappa shape index (κ1) is 86.4. The first-order valence-corrected chi connectivity index (χ1v) is 46.6. The lowest BCUT2D eigenvalue weighted by molar-refractivity contribution is 0.100. The van der Waals surface area contributed by atoms with Crippen molar-refractivity contribution in [3.8, 4) is 20.9 Å². The van der Waals surface area contributed by atoms with Crippen molar-refractivity contribution in [2.75, 3.05) is 22.9 Å². The highest BCUT2D eigenvalue weighted by molar-refractivity contribution is 9.11. The monoisotopic (exact) mass is 1530 g/mol. The van der Waals surface area contributed by atoms with Crippen molar-refractivity contribution in [3.05, 3.63) is 89.8 Å². The Morgan fingerprint density at radius 2 is 0.530 bits per heavy atom. The summed E-state index contributed by atoms with van der Waals surface area (Å²) in [6.07, 6.45) is 75.7. The molecule has 8 heteroatoms. The standard InChI is InChI=1S/C92H148Br2N2O2S2/c1-7-13-19-25-31-35-37-39-41-45-51-57-63-79-71-85(99-91(79)93)77-65-67-81-83(69-77)95(73-75(59-53-47-29-23-17-11-5)61-55-49-43-33-27-21-15-9-3)87(89(81)97)88-90(98)82-68-66-78(86-72-80(92(94)100-86)64-58-52-46-42-40-38-36-32-26-20-14-8-2)70-84(82)96(88)74-76(60-54-48-30-24-18-12-6)62-56-50-44-34-28-22-16-10-4/h65-72,75-76H,7-64,73-74H2,1-6H3/b88-87+. The van der Waals surface area contributed by atoms with Gasteiger partial charge in [0.05, 0.1) is 18.9 Å². The summed E-state index contributed by atoms with van der Waals surface area (Å²) in [5, 5.41) is 0. The van der Waals surface area contributed by atoms with Gasteiger partial charge in [0.25, 0.3) is 0 Å². The topological polar surface area (TPSA) is 40.6 Å². The highest BCUT2D eigenvalue weighted by Crippen LogP contribution is 2.48. The minimum absolute atomic E-state index is 0.0357. The maximum Gasteiger partial charge on any atom is 0.213 e. The van der Waals surface area contributed by atoms with Gasteiger partial charge in [-0.25, -0.2) is 0 Å². The highest BCUT2D eigenvalue weighted by atomic mass is 79.9. The van der Waals surface area contributed by atoms with Gasteiger partial charge in [-0.05, 0) is 154 Å². The molecular weight excluding hydrogens is 1390 g/mol. The lowest BCUT2D eigenvalue weighted by atomic mass is 9.92. The maximum atomic E-state index is 16.2. The molecule has 0 fully saturated rings. The Hall–Kier alpha value is -2.52. The van der Waals surface area contributed by atoms with Gasteiger partial charge >= 0.3 is 0 Å². The van der Waals surface area contributed by atoms with E-state index in [0.29, 0.717) is 23.2 Å². The molecule has 4 heterocycles. The molecule has 2 aliphatic rings. The summed E-state index contributed by atoms with van der Waals surface area (Å²) in [7, 11) is 0. The number of benzene rings is 2. The van der Waals surface area contributed by atoms with Gasteiger partial charge in [-0.2, -0.15) is 0 Å². The summed E-state index contributed by atoms with van der Waals surface area (Å²) >= 11 is 11.9. The molecule has 2 aromatic heterocycles. The summed E-state index contributed by atoms with van der Waals surface area (Å²) in [6, 6.07) is 18.4. The van der Waals surface area contributed by atoms with E-state index >= 15 is 9.59 Å². The van der Waals surface area contributed by atoms with Crippen molar-refractivity contribution in [1.82, 2.24) is 0 Å². The fourth-order valence-corrected chi connectivity index (χ4v) is 19.8. The molecule has 0 bridgehead atoms. The fourth-order valence-electron chi connectivity index (χ4n) is 16.3. The van der Waals surface area contributed by atoms with Crippen molar-refractivity contribution in [2.45, 2.75) is 414 Å². The second-order valence-corrected chi connectivity index (χ2v) is 36.3. The van der Waals surface area contributed by atoms with Gasteiger partial charge in [-0.3, -0.25) is 9.59 Å². The molecule has 564 valence electrons. The van der Waals surface area contributed by atoms with Crippen LogP contribution < -0.4 is 9.80 Å². The zero-order chi connectivity index (χ0) is 71.0. The van der Waals surface area contributed by atoms with E-state index < -0.39 is 0 Å². The smallest absolute Gasteiger partial charge is 0.213 e. The van der Waals surface area contributed by atoms with E-state index in [1.165, 1.54) is 373 Å². The number of fused-ring (bicyclic) bond motifs is 2. The molecule has 2 atom stereocenters. The molecule has 0 radical (unpaired) electrons. The molecule has 0 aliphatic carbocycles. The van der Waals surface area contributed by atoms with Gasteiger partial charge in [0.15, 0.2) is 0 Å². The molecule has 0 spiro atoms. The predicted molar refractivity (Wildman–Crippen MR) is 452 cm³/mol. The van der Waals surface area contributed by atoms with Gasteiger partial charge in [0, 0.05) is 34.0 Å². The number of hydrogen-bond donors (Lipinski definition) is 0. The molecule has 4 nitrogen and oxygen atoms in total. The van der Waals surface area contributed by atoms with E-state index in [0.717, 1.165) is 74.1 Å². The van der Waals surface area contributed by atoms with Crippen LogP contribution in [0.25, 0.3) is 20.9 Å². The molecule has 0 amide bonds. The van der Waals surface area contributed by atoms with E-state index in [1.54, 1.807) is 0 Å². The Balaban J connectivity index is 1.36. The number of carbonyl (C=O) groups is 2. The Morgan fingerprint density at radius 1 is 0.300 bits per heavy atom. The lowest BCUT2D eigenvalue weighted by Gasteiger charge is -2.32. The largest absolute Gasteiger partial charge is 0.336 e. The van der Waals surface area contributed by atoms with Gasteiger partial charge in [-0.1, -0.05) is 375 Å². The fraction of sp³-hybridized carbons (Fsp3) is 0.739. The number of ketones is 2. The minimum atomic E-state index is 0.0357. The molecular formula is C92H148Br2N2O2S2. The Bertz CT molecular complexity index is 2640. The summed E-state index contributed by atoms with van der Waals surface area (Å²) in [5.41, 5.74) is 10.0. The van der Waals surface area contributed by atoms with Crippen molar-refractivity contribution >= 4 is 77.5 Å². The van der Waals surface area contributed by atoms with Gasteiger partial charge in [0.1, 0.15) is 11.4 Å². The summed E-state index contributed by atoms with van der Waals surface area (Å²) in [5.74, 6) is 0.886. The predicted octanol–water partition coefficient (Wildman–Crippen LogP) is 32.9. The molecule has 2 unspecified atom stereocenters. The van der Waals surface area contributed by atoms with Crippen molar-refractivity contribution in [3.63, 3.8) is 0 Å². The lowest BCUT2D eigenvalue weighted by Crippen LogP contribution is -2.35. The highest BCUT2D eigenvalue weighted by Gasteiger charge is 2.44. The molecule has 2 aromatic carbocycles. The van der Waals surface area contributed by atoms with Crippen molar-refractivity contribution < 1.29 is 9.59 Å². The summed E-state index contributed by atoms with van der Waals surface area (Å²) < 4.78 is 2.48. The van der Waals surface area contributed by atoms with Crippen LogP contribution >= 0.6 is 54.5 Å². The maximum absolute atomic E-state index is 16.2. The number of hydrogen-bond acceptors (Lipinski definition) is 6. The van der Waals surface area contributed by atoms with Crippen LogP contribution in [0.1, 0.15) is 433 Å². The number of Topliss-reactive ketones (excluding diaryl/α,β-unsaturated/α-hetero) is 2. The Kier molecular flexibility index (Phi) is 46.8. The van der Waals surface area contributed by atoms with Crippen molar-refractivity contribution in [2.24, 2.45) is 11.8 Å². The minimum Gasteiger partial charge on any atom is -0.336 e. The number of thiophene rings is 2. The van der Waals surface area contributed by atoms with E-state index in [1.807, 2.05) is 22.7 Å². The number of anilines is 2. The third-order valence-corrected chi connectivity index (χ3v) is 26.7. The number of halogens is 2. The van der Waals surface area contributed by atoms with Crippen LogP contribution in [-0.4, -0.2) is 24.7 Å². The molecule has 0 saturated carbocycles. The van der Waals surface area contributed by atoms with Gasteiger partial charge < -0.3 is 9.80 Å². The third kappa shape index (κ3) is 31.9. The molecule has 6 rings (SSSR count). The average Bonchev–Trinajstić information content (AvgIpc) is 1.57.